The van der Waals surface area contributed by atoms with Crippen molar-refractivity contribution < 1.29 is 9.59 Å². The van der Waals surface area contributed by atoms with Gasteiger partial charge in [0.05, 0.1) is 17.5 Å². The molecule has 0 spiro atoms. The smallest absolute Gasteiger partial charge is 0.255 e. The van der Waals surface area contributed by atoms with Crippen LogP contribution in [0.25, 0.3) is 11.2 Å². The molecule has 0 radical (unpaired) electrons. The third kappa shape index (κ3) is 2.56. The maximum absolute atomic E-state index is 12.6. The number of nitrogens with one attached hydrogen (secondary N) is 2. The summed E-state index contributed by atoms with van der Waals surface area (Å²) in [5, 5.41) is 2.84. The van der Waals surface area contributed by atoms with Crippen molar-refractivity contribution in [3.05, 3.63) is 23.7 Å². The first-order valence-corrected chi connectivity index (χ1v) is 8.03. The largest absolute Gasteiger partial charge is 0.344 e. The number of likely N-dealkylation sites (tertiary alicyclic amines) is 1. The summed E-state index contributed by atoms with van der Waals surface area (Å²) in [7, 11) is 1.76. The monoisotopic (exact) mass is 313 g/mol. The van der Waals surface area contributed by atoms with Gasteiger partial charge in [-0.25, -0.2) is 9.97 Å². The van der Waals surface area contributed by atoms with Crippen LogP contribution in [0.3, 0.4) is 0 Å². The average Bonchev–Trinajstić information content (AvgIpc) is 3.31. The second kappa shape index (κ2) is 5.33. The minimum atomic E-state index is -0.453. The number of hydrogen-bond donors (Lipinski definition) is 2. The fourth-order valence-corrected chi connectivity index (χ4v) is 3.06. The van der Waals surface area contributed by atoms with Crippen molar-refractivity contribution in [2.75, 3.05) is 13.6 Å². The van der Waals surface area contributed by atoms with E-state index in [1.807, 2.05) is 0 Å². The lowest BCUT2D eigenvalue weighted by atomic mass is 10.0. The Kier molecular flexibility index (Phi) is 3.28. The van der Waals surface area contributed by atoms with Crippen LogP contribution < -0.4 is 5.32 Å². The van der Waals surface area contributed by atoms with E-state index in [2.05, 4.69) is 20.3 Å². The number of amides is 2. The number of fused-ring (bicyclic) bond motifs is 1. The zero-order valence-electron chi connectivity index (χ0n) is 13.0. The lowest BCUT2D eigenvalue weighted by molar-refractivity contribution is -0.134. The Bertz CT molecular complexity index is 780. The summed E-state index contributed by atoms with van der Waals surface area (Å²) in [5.41, 5.74) is 2.59. The van der Waals surface area contributed by atoms with E-state index >= 15 is 0 Å². The minimum absolute atomic E-state index is 0.0332. The molecule has 0 aromatic carbocycles. The van der Waals surface area contributed by atoms with Crippen LogP contribution in [0.2, 0.25) is 0 Å². The van der Waals surface area contributed by atoms with Crippen molar-refractivity contribution in [3.63, 3.8) is 0 Å². The van der Waals surface area contributed by atoms with Gasteiger partial charge >= 0.3 is 0 Å². The molecule has 2 aromatic heterocycles. The van der Waals surface area contributed by atoms with Gasteiger partial charge in [0.1, 0.15) is 11.6 Å². The fraction of sp³-hybridized carbons (Fsp3) is 0.500. The molecule has 1 saturated carbocycles. The van der Waals surface area contributed by atoms with Crippen molar-refractivity contribution in [2.24, 2.45) is 0 Å². The maximum atomic E-state index is 12.6. The second-order valence-corrected chi connectivity index (χ2v) is 6.40. The first-order chi connectivity index (χ1) is 11.1. The Balaban J connectivity index is 1.59. The normalized spacial score (nSPS) is 21.7. The molecule has 0 unspecified atom stereocenters. The average molecular weight is 313 g/mol. The predicted octanol–water partition coefficient (Wildman–Crippen LogP) is 1.19. The number of carbonyl (C=O) groups excluding carboxylic acids is 2. The molecule has 2 amide bonds. The summed E-state index contributed by atoms with van der Waals surface area (Å²) in [6.07, 6.45) is 7.23. The summed E-state index contributed by atoms with van der Waals surface area (Å²) >= 11 is 0. The first kappa shape index (κ1) is 14.2. The number of likely N-dealkylation sites (N-methyl/N-ethyl adjacent to an activating group) is 1. The number of rotatable bonds is 3. The molecule has 120 valence electrons. The van der Waals surface area contributed by atoms with E-state index in [9.17, 15) is 9.59 Å². The molecule has 7 heteroatoms. The highest BCUT2D eigenvalue weighted by molar-refractivity contribution is 6.05. The standard InChI is InChI=1S/C16H19N5O2/c1-21-6-2-3-11(16(21)23)20-15(22)10-7-17-14-13(10)19-12(8-18-14)9-4-5-9/h7-9,11H,2-6H2,1H3,(H,17,18)(H,20,22)/t11-/m1/s1. The van der Waals surface area contributed by atoms with Crippen molar-refractivity contribution >= 4 is 23.0 Å². The van der Waals surface area contributed by atoms with Gasteiger partial charge in [0, 0.05) is 25.7 Å². The number of carbonyl (C=O) groups is 2. The molecular formula is C16H19N5O2. The third-order valence-corrected chi connectivity index (χ3v) is 4.61. The van der Waals surface area contributed by atoms with E-state index in [1.54, 1.807) is 24.3 Å². The van der Waals surface area contributed by atoms with E-state index in [1.165, 1.54) is 0 Å². The van der Waals surface area contributed by atoms with E-state index in [4.69, 9.17) is 0 Å². The quantitative estimate of drug-likeness (QED) is 0.890. The molecule has 0 bridgehead atoms. The molecule has 1 aliphatic heterocycles. The molecule has 2 N–H and O–H groups in total. The Morgan fingerprint density at radius 3 is 3.00 bits per heavy atom. The van der Waals surface area contributed by atoms with Gasteiger partial charge in [-0.2, -0.15) is 0 Å². The van der Waals surface area contributed by atoms with Crippen molar-refractivity contribution in [1.82, 2.24) is 25.2 Å². The van der Waals surface area contributed by atoms with Gasteiger partial charge < -0.3 is 15.2 Å². The summed E-state index contributed by atoms with van der Waals surface area (Å²) in [5.74, 6) is 0.174. The van der Waals surface area contributed by atoms with Gasteiger partial charge in [-0.05, 0) is 25.7 Å². The predicted molar refractivity (Wildman–Crippen MR) is 84.0 cm³/mol. The van der Waals surface area contributed by atoms with Crippen LogP contribution in [0.15, 0.2) is 12.4 Å². The van der Waals surface area contributed by atoms with E-state index in [0.717, 1.165) is 31.5 Å². The van der Waals surface area contributed by atoms with E-state index in [-0.39, 0.29) is 11.8 Å². The number of aromatic amines is 1. The zero-order valence-corrected chi connectivity index (χ0v) is 13.0. The fourth-order valence-electron chi connectivity index (χ4n) is 3.06. The Morgan fingerprint density at radius 2 is 2.22 bits per heavy atom. The highest BCUT2D eigenvalue weighted by Crippen LogP contribution is 2.39. The number of hydrogen-bond acceptors (Lipinski definition) is 4. The van der Waals surface area contributed by atoms with Crippen molar-refractivity contribution in [1.29, 1.82) is 0 Å². The molecule has 23 heavy (non-hydrogen) atoms. The summed E-state index contributed by atoms with van der Waals surface area (Å²) in [6, 6.07) is -0.453. The third-order valence-electron chi connectivity index (χ3n) is 4.61. The van der Waals surface area contributed by atoms with Crippen LogP contribution >= 0.6 is 0 Å². The van der Waals surface area contributed by atoms with Crippen LogP contribution in [0.1, 0.15) is 47.7 Å². The van der Waals surface area contributed by atoms with Crippen LogP contribution in [0, 0.1) is 0 Å². The number of piperidine rings is 1. The Labute approximate surface area is 133 Å². The minimum Gasteiger partial charge on any atom is -0.344 e. The molecule has 2 fully saturated rings. The lowest BCUT2D eigenvalue weighted by Gasteiger charge is -2.29. The summed E-state index contributed by atoms with van der Waals surface area (Å²) in [4.78, 5) is 38.3. The lowest BCUT2D eigenvalue weighted by Crippen LogP contribution is -2.50. The molecule has 2 aromatic rings. The molecule has 1 atom stereocenters. The molecule has 2 aliphatic rings. The molecule has 1 saturated heterocycles. The topological polar surface area (TPSA) is 91.0 Å². The van der Waals surface area contributed by atoms with E-state index < -0.39 is 6.04 Å². The van der Waals surface area contributed by atoms with Crippen molar-refractivity contribution in [3.8, 4) is 0 Å². The van der Waals surface area contributed by atoms with Gasteiger partial charge in [-0.1, -0.05) is 0 Å². The Hall–Kier alpha value is -2.44. The molecule has 1 aliphatic carbocycles. The van der Waals surface area contributed by atoms with Gasteiger partial charge in [0.15, 0.2) is 5.65 Å². The second-order valence-electron chi connectivity index (χ2n) is 6.40. The number of nitrogens with zero attached hydrogens (tertiary/aromatic N) is 3. The number of H-pyrrole nitrogens is 1. The van der Waals surface area contributed by atoms with Gasteiger partial charge in [-0.15, -0.1) is 0 Å². The van der Waals surface area contributed by atoms with Crippen LogP contribution in [0.5, 0.6) is 0 Å². The summed E-state index contributed by atoms with van der Waals surface area (Å²) < 4.78 is 0. The van der Waals surface area contributed by atoms with Crippen molar-refractivity contribution in [2.45, 2.75) is 37.6 Å². The highest BCUT2D eigenvalue weighted by atomic mass is 16.2. The van der Waals surface area contributed by atoms with E-state index in [0.29, 0.717) is 29.1 Å². The zero-order chi connectivity index (χ0) is 16.0. The molecule has 7 nitrogen and oxygen atoms in total. The highest BCUT2D eigenvalue weighted by Gasteiger charge is 2.30. The molecule has 4 rings (SSSR count). The summed E-state index contributed by atoms with van der Waals surface area (Å²) in [6.45, 7) is 0.745. The number of aromatic nitrogens is 3. The maximum Gasteiger partial charge on any atom is 0.255 e. The van der Waals surface area contributed by atoms with Crippen LogP contribution in [-0.2, 0) is 4.79 Å². The Morgan fingerprint density at radius 1 is 1.39 bits per heavy atom. The van der Waals surface area contributed by atoms with Gasteiger partial charge in [0.25, 0.3) is 5.91 Å². The SMILES string of the molecule is CN1CCC[C@@H](NC(=O)c2c[nH]c3ncc(C4CC4)nc23)C1=O. The molecular weight excluding hydrogens is 294 g/mol. The van der Waals surface area contributed by atoms with Crippen LogP contribution in [0.4, 0.5) is 0 Å². The molecule has 3 heterocycles. The van der Waals surface area contributed by atoms with Crippen LogP contribution in [-0.4, -0.2) is 51.3 Å². The van der Waals surface area contributed by atoms with Gasteiger partial charge in [-0.3, -0.25) is 9.59 Å². The van der Waals surface area contributed by atoms with Gasteiger partial charge in [0.2, 0.25) is 5.91 Å². The first-order valence-electron chi connectivity index (χ1n) is 8.03.